The Morgan fingerprint density at radius 2 is 1.63 bits per heavy atom. The molecule has 0 radical (unpaired) electrons. The zero-order chi connectivity index (χ0) is 23.6. The lowest BCUT2D eigenvalue weighted by Gasteiger charge is -2.35. The third-order valence-corrected chi connectivity index (χ3v) is 7.08. The number of ether oxygens (including phenoxy) is 1. The van der Waals surface area contributed by atoms with Crippen LogP contribution in [0.5, 0.6) is 5.75 Å². The molecule has 178 valence electrons. The minimum Gasteiger partial charge on any atom is -0.493 e. The Balaban J connectivity index is 1.19. The summed E-state index contributed by atoms with van der Waals surface area (Å²) in [5.74, 6) is 1.06. The molecule has 4 heterocycles. The van der Waals surface area contributed by atoms with E-state index >= 15 is 0 Å². The lowest BCUT2D eigenvalue weighted by Crippen LogP contribution is -2.45. The van der Waals surface area contributed by atoms with Gasteiger partial charge in [0.2, 0.25) is 0 Å². The van der Waals surface area contributed by atoms with Gasteiger partial charge < -0.3 is 4.74 Å². The van der Waals surface area contributed by atoms with Gasteiger partial charge in [0.15, 0.2) is 0 Å². The quantitative estimate of drug-likeness (QED) is 0.470. The predicted molar refractivity (Wildman–Crippen MR) is 136 cm³/mol. The fourth-order valence-corrected chi connectivity index (χ4v) is 5.27. The highest BCUT2D eigenvalue weighted by Gasteiger charge is 2.23. The molecule has 2 aromatic carbocycles. The topological polar surface area (TPSA) is 74.4 Å². The van der Waals surface area contributed by atoms with Gasteiger partial charge in [-0.15, -0.1) is 0 Å². The van der Waals surface area contributed by atoms with Gasteiger partial charge in [-0.05, 0) is 34.9 Å². The lowest BCUT2D eigenvalue weighted by molar-refractivity contribution is 0.121. The fourth-order valence-electron chi connectivity index (χ4n) is 5.27. The van der Waals surface area contributed by atoms with Crippen molar-refractivity contribution in [3.63, 3.8) is 0 Å². The smallest absolute Gasteiger partial charge is 0.272 e. The predicted octanol–water partition coefficient (Wildman–Crippen LogP) is 3.16. The molecule has 2 aromatic heterocycles. The highest BCUT2D eigenvalue weighted by molar-refractivity contribution is 5.83. The van der Waals surface area contributed by atoms with Gasteiger partial charge in [-0.1, -0.05) is 30.3 Å². The van der Waals surface area contributed by atoms with Crippen LogP contribution in [0.1, 0.15) is 27.9 Å². The summed E-state index contributed by atoms with van der Waals surface area (Å²) in [4.78, 5) is 21.3. The molecule has 0 saturated carbocycles. The molecule has 1 N–H and O–H groups in total. The second kappa shape index (κ2) is 9.60. The maximum Gasteiger partial charge on any atom is 0.272 e. The van der Waals surface area contributed by atoms with E-state index in [1.54, 1.807) is 0 Å². The van der Waals surface area contributed by atoms with Gasteiger partial charge >= 0.3 is 0 Å². The fraction of sp³-hybridized carbons (Fsp3) is 0.321. The van der Waals surface area contributed by atoms with Crippen LogP contribution in [0.2, 0.25) is 0 Å². The van der Waals surface area contributed by atoms with Crippen LogP contribution in [-0.2, 0) is 25.9 Å². The Morgan fingerprint density at radius 3 is 2.43 bits per heavy atom. The summed E-state index contributed by atoms with van der Waals surface area (Å²) in [5.41, 5.74) is 5.82. The van der Waals surface area contributed by atoms with Crippen LogP contribution in [0, 0.1) is 0 Å². The summed E-state index contributed by atoms with van der Waals surface area (Å²) < 4.78 is 6.06. The number of fused-ring (bicyclic) bond motifs is 2. The largest absolute Gasteiger partial charge is 0.493 e. The minimum absolute atomic E-state index is 0.143. The maximum absolute atomic E-state index is 12.2. The summed E-state index contributed by atoms with van der Waals surface area (Å²) in [7, 11) is 0. The molecule has 7 nitrogen and oxygen atoms in total. The van der Waals surface area contributed by atoms with Gasteiger partial charge in [0, 0.05) is 75.5 Å². The number of H-pyrrole nitrogens is 1. The molecule has 0 aliphatic carbocycles. The van der Waals surface area contributed by atoms with Gasteiger partial charge in [0.05, 0.1) is 17.7 Å². The first kappa shape index (κ1) is 21.9. The number of pyridine rings is 1. The maximum atomic E-state index is 12.2. The molecule has 2 aliphatic heterocycles. The molecule has 1 saturated heterocycles. The Bertz CT molecular complexity index is 1390. The molecule has 7 heteroatoms. The average Bonchev–Trinajstić information content (AvgIpc) is 3.37. The van der Waals surface area contributed by atoms with Gasteiger partial charge in [-0.3, -0.25) is 19.6 Å². The Hall–Kier alpha value is -3.55. The van der Waals surface area contributed by atoms with Gasteiger partial charge in [0.25, 0.3) is 5.56 Å². The standard InChI is InChI=1S/C28H29N5O2/c34-28-25-4-2-1-3-24(25)26(30-31-28)17-21-15-22-7-14-35-27(22)23(16-21)19-33-12-10-32(11-13-33)18-20-5-8-29-9-6-20/h1-6,8-9,15-16H,7,10-14,17-19H2,(H,31,34). The van der Waals surface area contributed by atoms with Crippen molar-refractivity contribution in [3.8, 4) is 5.75 Å². The summed E-state index contributed by atoms with van der Waals surface area (Å²) in [6.07, 6.45) is 5.35. The molecule has 6 rings (SSSR count). The van der Waals surface area contributed by atoms with Gasteiger partial charge in [-0.2, -0.15) is 5.10 Å². The summed E-state index contributed by atoms with van der Waals surface area (Å²) in [5, 5.41) is 8.67. The zero-order valence-corrected chi connectivity index (χ0v) is 19.7. The van der Waals surface area contributed by atoms with Gasteiger partial charge in [-0.25, -0.2) is 5.10 Å². The Kier molecular flexibility index (Phi) is 6.02. The molecule has 1 fully saturated rings. The third kappa shape index (κ3) is 4.70. The normalized spacial score (nSPS) is 16.3. The van der Waals surface area contributed by atoms with Crippen molar-refractivity contribution >= 4 is 10.8 Å². The van der Waals surface area contributed by atoms with Crippen LogP contribution in [-0.4, -0.2) is 57.8 Å². The molecule has 2 aliphatic rings. The second-order valence-corrected chi connectivity index (χ2v) is 9.47. The van der Waals surface area contributed by atoms with Crippen LogP contribution >= 0.6 is 0 Å². The Morgan fingerprint density at radius 1 is 0.886 bits per heavy atom. The first-order chi connectivity index (χ1) is 17.2. The van der Waals surface area contributed by atoms with Crippen LogP contribution in [0.3, 0.4) is 0 Å². The van der Waals surface area contributed by atoms with Crippen molar-refractivity contribution in [2.45, 2.75) is 25.9 Å². The number of aromatic amines is 1. The van der Waals surface area contributed by atoms with E-state index in [9.17, 15) is 4.79 Å². The van der Waals surface area contributed by atoms with E-state index in [0.29, 0.717) is 11.8 Å². The number of nitrogens with zero attached hydrogens (tertiary/aromatic N) is 4. The SMILES string of the molecule is O=c1[nH]nc(Cc2cc3c(c(CN4CCN(Cc5ccncc5)CC4)c2)OCC3)c2ccccc12. The molecule has 0 spiro atoms. The van der Waals surface area contributed by atoms with Crippen molar-refractivity contribution in [1.29, 1.82) is 0 Å². The molecule has 35 heavy (non-hydrogen) atoms. The molecule has 4 aromatic rings. The van der Waals surface area contributed by atoms with E-state index < -0.39 is 0 Å². The molecule has 0 unspecified atom stereocenters. The van der Waals surface area contributed by atoms with Crippen molar-refractivity contribution in [1.82, 2.24) is 25.0 Å². The molecular formula is C28H29N5O2. The van der Waals surface area contributed by atoms with Crippen molar-refractivity contribution in [2.24, 2.45) is 0 Å². The molecular weight excluding hydrogens is 438 g/mol. The van der Waals surface area contributed by atoms with Crippen LogP contribution in [0.25, 0.3) is 10.8 Å². The Labute approximate surface area is 204 Å². The number of nitrogens with one attached hydrogen (secondary N) is 1. The number of hydrogen-bond donors (Lipinski definition) is 1. The summed E-state index contributed by atoms with van der Waals surface area (Å²) in [6, 6.07) is 16.4. The molecule has 0 amide bonds. The monoisotopic (exact) mass is 467 g/mol. The minimum atomic E-state index is -0.143. The summed E-state index contributed by atoms with van der Waals surface area (Å²) >= 11 is 0. The van der Waals surface area contributed by atoms with E-state index in [0.717, 1.165) is 69.1 Å². The number of piperazine rings is 1. The first-order valence-corrected chi connectivity index (χ1v) is 12.3. The third-order valence-electron chi connectivity index (χ3n) is 7.08. The van der Waals surface area contributed by atoms with Gasteiger partial charge in [0.1, 0.15) is 5.75 Å². The molecule has 0 bridgehead atoms. The lowest BCUT2D eigenvalue weighted by atomic mass is 9.98. The van der Waals surface area contributed by atoms with E-state index in [1.807, 2.05) is 36.7 Å². The highest BCUT2D eigenvalue weighted by Crippen LogP contribution is 2.33. The number of rotatable bonds is 6. The van der Waals surface area contributed by atoms with E-state index in [-0.39, 0.29) is 5.56 Å². The van der Waals surface area contributed by atoms with Crippen molar-refractivity contribution in [2.75, 3.05) is 32.8 Å². The van der Waals surface area contributed by atoms with Crippen molar-refractivity contribution in [3.05, 3.63) is 99.2 Å². The zero-order valence-electron chi connectivity index (χ0n) is 19.7. The van der Waals surface area contributed by atoms with Crippen LogP contribution in [0.15, 0.2) is 65.7 Å². The van der Waals surface area contributed by atoms with Crippen LogP contribution in [0.4, 0.5) is 0 Å². The number of aromatic nitrogens is 3. The van der Waals surface area contributed by atoms with Crippen molar-refractivity contribution < 1.29 is 4.74 Å². The van der Waals surface area contributed by atoms with E-state index in [2.05, 4.69) is 49.2 Å². The molecule has 0 atom stereocenters. The number of benzene rings is 2. The summed E-state index contributed by atoms with van der Waals surface area (Å²) in [6.45, 7) is 6.79. The van der Waals surface area contributed by atoms with Crippen LogP contribution < -0.4 is 10.3 Å². The van der Waals surface area contributed by atoms with E-state index in [1.165, 1.54) is 22.3 Å². The average molecular weight is 468 g/mol. The highest BCUT2D eigenvalue weighted by atomic mass is 16.5. The van der Waals surface area contributed by atoms with E-state index in [4.69, 9.17) is 4.74 Å². The number of hydrogen-bond acceptors (Lipinski definition) is 6. The second-order valence-electron chi connectivity index (χ2n) is 9.47. The first-order valence-electron chi connectivity index (χ1n) is 12.3.